The summed E-state index contributed by atoms with van der Waals surface area (Å²) in [4.78, 5) is 0. The molecule has 2 rings (SSSR count). The van der Waals surface area contributed by atoms with Crippen molar-refractivity contribution in [3.05, 3.63) is 60.7 Å². The molecule has 0 aromatic heterocycles. The van der Waals surface area contributed by atoms with Crippen LogP contribution in [0.15, 0.2) is 60.7 Å². The van der Waals surface area contributed by atoms with Crippen molar-refractivity contribution in [3.8, 4) is 0 Å². The third-order valence-electron chi connectivity index (χ3n) is 3.39. The summed E-state index contributed by atoms with van der Waals surface area (Å²) in [6.45, 7) is 5.42. The highest BCUT2D eigenvalue weighted by molar-refractivity contribution is 7.74. The fourth-order valence-corrected chi connectivity index (χ4v) is 5.46. The Morgan fingerprint density at radius 2 is 1.26 bits per heavy atom. The van der Waals surface area contributed by atoms with Gasteiger partial charge in [0.1, 0.15) is 0 Å². The van der Waals surface area contributed by atoms with Crippen LogP contribution in [0.3, 0.4) is 0 Å². The molecule has 0 aliphatic heterocycles. The second-order valence-electron chi connectivity index (χ2n) is 5.36. The molecule has 0 saturated carbocycles. The van der Waals surface area contributed by atoms with Gasteiger partial charge in [-0.15, -0.1) is 0 Å². The molecule has 2 N–H and O–H groups in total. The Labute approximate surface area is 117 Å². The number of hydrogen-bond acceptors (Lipinski definition) is 1. The summed E-state index contributed by atoms with van der Waals surface area (Å²) in [5, 5.41) is 3.08. The Balaban J connectivity index is 2.46. The first-order valence-corrected chi connectivity index (χ1v) is 8.10. The zero-order valence-electron chi connectivity index (χ0n) is 11.7. The van der Waals surface area contributed by atoms with Crippen molar-refractivity contribution in [1.82, 2.24) is 0 Å². The lowest BCUT2D eigenvalue weighted by molar-refractivity contribution is 0.642. The molecule has 2 heteroatoms. The van der Waals surface area contributed by atoms with Crippen LogP contribution in [0.5, 0.6) is 0 Å². The Kier molecular flexibility index (Phi) is 4.74. The molecule has 0 fully saturated rings. The van der Waals surface area contributed by atoms with Crippen molar-refractivity contribution in [1.29, 1.82) is 0 Å². The first-order valence-electron chi connectivity index (χ1n) is 6.75. The Morgan fingerprint density at radius 3 is 1.63 bits per heavy atom. The molecule has 0 amide bonds. The van der Waals surface area contributed by atoms with Gasteiger partial charge >= 0.3 is 0 Å². The van der Waals surface area contributed by atoms with Crippen LogP contribution in [-0.4, -0.2) is 11.7 Å². The molecule has 0 radical (unpaired) electrons. The van der Waals surface area contributed by atoms with E-state index in [1.807, 2.05) is 0 Å². The predicted octanol–water partition coefficient (Wildman–Crippen LogP) is 3.25. The second-order valence-corrected chi connectivity index (χ2v) is 8.27. The van der Waals surface area contributed by atoms with Crippen LogP contribution in [0.1, 0.15) is 20.3 Å². The van der Waals surface area contributed by atoms with Gasteiger partial charge < -0.3 is 5.73 Å². The maximum absolute atomic E-state index is 5.82. The van der Waals surface area contributed by atoms with E-state index >= 15 is 0 Å². The Morgan fingerprint density at radius 1 is 0.842 bits per heavy atom. The lowest BCUT2D eigenvalue weighted by atomic mass is 10.1. The van der Waals surface area contributed by atoms with Gasteiger partial charge in [-0.05, 0) is 36.7 Å². The molecule has 100 valence electrons. The minimum Gasteiger partial charge on any atom is -0.330 e. The normalized spacial score (nSPS) is 11.8. The molecular formula is C17H22NP. The molecule has 0 spiro atoms. The third-order valence-corrected chi connectivity index (χ3v) is 6.45. The predicted molar refractivity (Wildman–Crippen MR) is 86.8 cm³/mol. The lowest BCUT2D eigenvalue weighted by Crippen LogP contribution is -2.31. The van der Waals surface area contributed by atoms with Gasteiger partial charge in [0.2, 0.25) is 0 Å². The van der Waals surface area contributed by atoms with Crippen LogP contribution in [0, 0.1) is 0 Å². The molecule has 2 aromatic rings. The van der Waals surface area contributed by atoms with E-state index in [1.165, 1.54) is 10.6 Å². The smallest absolute Gasteiger partial charge is 0.00589 e. The number of benzene rings is 2. The quantitative estimate of drug-likeness (QED) is 0.830. The molecule has 0 aliphatic carbocycles. The molecule has 0 heterocycles. The van der Waals surface area contributed by atoms with E-state index in [2.05, 4.69) is 74.5 Å². The summed E-state index contributed by atoms with van der Waals surface area (Å²) >= 11 is 0. The van der Waals surface area contributed by atoms with E-state index in [0.717, 1.165) is 13.0 Å². The molecule has 0 unspecified atom stereocenters. The Hall–Kier alpha value is -1.17. The van der Waals surface area contributed by atoms with Gasteiger partial charge in [0.05, 0.1) is 0 Å². The maximum atomic E-state index is 5.82. The first kappa shape index (κ1) is 14.2. The van der Waals surface area contributed by atoms with E-state index in [1.54, 1.807) is 0 Å². The first-order chi connectivity index (χ1) is 9.15. The molecule has 0 atom stereocenters. The summed E-state index contributed by atoms with van der Waals surface area (Å²) in [6, 6.07) is 21.7. The van der Waals surface area contributed by atoms with Crippen molar-refractivity contribution in [2.75, 3.05) is 6.54 Å². The van der Waals surface area contributed by atoms with Crippen molar-refractivity contribution >= 4 is 18.5 Å². The van der Waals surface area contributed by atoms with Gasteiger partial charge in [0, 0.05) is 0 Å². The molecular weight excluding hydrogens is 249 g/mol. The van der Waals surface area contributed by atoms with Gasteiger partial charge in [-0.2, -0.15) is 0 Å². The fraction of sp³-hybridized carbons (Fsp3) is 0.294. The SMILES string of the molecule is CC(C)(CCN)P(c1ccccc1)c1ccccc1. The van der Waals surface area contributed by atoms with E-state index in [4.69, 9.17) is 5.73 Å². The van der Waals surface area contributed by atoms with E-state index in [0.29, 0.717) is 0 Å². The Bertz CT molecular complexity index is 454. The van der Waals surface area contributed by atoms with Gasteiger partial charge in [-0.3, -0.25) is 0 Å². The third kappa shape index (κ3) is 3.43. The standard InChI is InChI=1S/C17H22NP/c1-17(2,13-14-18)19(15-9-5-3-6-10-15)16-11-7-4-8-12-16/h3-12H,13-14,18H2,1-2H3. The summed E-state index contributed by atoms with van der Waals surface area (Å²) in [7, 11) is -0.380. The van der Waals surface area contributed by atoms with Crippen LogP contribution < -0.4 is 16.3 Å². The number of rotatable bonds is 5. The molecule has 19 heavy (non-hydrogen) atoms. The van der Waals surface area contributed by atoms with E-state index < -0.39 is 0 Å². The molecule has 1 nitrogen and oxygen atoms in total. The van der Waals surface area contributed by atoms with E-state index in [-0.39, 0.29) is 13.1 Å². The summed E-state index contributed by atoms with van der Waals surface area (Å²) < 4.78 is 0. The van der Waals surface area contributed by atoms with Gasteiger partial charge in [0.25, 0.3) is 0 Å². The highest BCUT2D eigenvalue weighted by Crippen LogP contribution is 2.49. The molecule has 0 bridgehead atoms. The molecule has 2 aromatic carbocycles. The van der Waals surface area contributed by atoms with E-state index in [9.17, 15) is 0 Å². The van der Waals surface area contributed by atoms with Gasteiger partial charge in [-0.25, -0.2) is 0 Å². The minimum atomic E-state index is -0.380. The highest BCUT2D eigenvalue weighted by Gasteiger charge is 2.30. The largest absolute Gasteiger partial charge is 0.330 e. The number of hydrogen-bond donors (Lipinski definition) is 1. The summed E-state index contributed by atoms with van der Waals surface area (Å²) in [6.07, 6.45) is 1.04. The van der Waals surface area contributed by atoms with Gasteiger partial charge in [-0.1, -0.05) is 74.5 Å². The highest BCUT2D eigenvalue weighted by atomic mass is 31.1. The lowest BCUT2D eigenvalue weighted by Gasteiger charge is -2.35. The van der Waals surface area contributed by atoms with Crippen LogP contribution in [0.25, 0.3) is 0 Å². The summed E-state index contributed by atoms with van der Waals surface area (Å²) in [5.74, 6) is 0. The topological polar surface area (TPSA) is 26.0 Å². The van der Waals surface area contributed by atoms with Crippen molar-refractivity contribution < 1.29 is 0 Å². The number of nitrogens with two attached hydrogens (primary N) is 1. The average Bonchev–Trinajstić information content (AvgIpc) is 2.41. The monoisotopic (exact) mass is 271 g/mol. The second kappa shape index (κ2) is 6.32. The summed E-state index contributed by atoms with van der Waals surface area (Å²) in [5.41, 5.74) is 5.82. The minimum absolute atomic E-state index is 0.215. The van der Waals surface area contributed by atoms with Crippen LogP contribution in [0.4, 0.5) is 0 Å². The van der Waals surface area contributed by atoms with Gasteiger partial charge in [0.15, 0.2) is 0 Å². The zero-order valence-corrected chi connectivity index (χ0v) is 12.6. The fourth-order valence-electron chi connectivity index (χ4n) is 2.47. The van der Waals surface area contributed by atoms with Crippen molar-refractivity contribution in [2.24, 2.45) is 5.73 Å². The van der Waals surface area contributed by atoms with Crippen LogP contribution in [-0.2, 0) is 0 Å². The van der Waals surface area contributed by atoms with Crippen molar-refractivity contribution in [2.45, 2.75) is 25.4 Å². The van der Waals surface area contributed by atoms with Crippen LogP contribution >= 0.6 is 7.92 Å². The van der Waals surface area contributed by atoms with Crippen molar-refractivity contribution in [3.63, 3.8) is 0 Å². The molecule has 0 aliphatic rings. The molecule has 0 saturated heterocycles. The van der Waals surface area contributed by atoms with Crippen LogP contribution in [0.2, 0.25) is 0 Å². The zero-order chi connectivity index (χ0) is 13.7. The maximum Gasteiger partial charge on any atom is -0.00589 e. The average molecular weight is 271 g/mol.